The molecule has 0 atom stereocenters. The molecule has 0 aromatic carbocycles. The molecule has 0 bridgehead atoms. The summed E-state index contributed by atoms with van der Waals surface area (Å²) >= 11 is 1.04. The minimum atomic E-state index is -0.379. The number of hydrogen-bond donors (Lipinski definition) is 1. The zero-order chi connectivity index (χ0) is 14.5. The van der Waals surface area contributed by atoms with Crippen LogP contribution in [0.2, 0.25) is 0 Å². The van der Waals surface area contributed by atoms with Crippen molar-refractivity contribution in [1.82, 2.24) is 10.2 Å². The maximum Gasteiger partial charge on any atom is 0.284 e. The predicted molar refractivity (Wildman–Crippen MR) is 70.2 cm³/mol. The van der Waals surface area contributed by atoms with Gasteiger partial charge < -0.3 is 14.6 Å². The Bertz CT molecular complexity index is 678. The van der Waals surface area contributed by atoms with E-state index in [1.54, 1.807) is 18.2 Å². The first-order valence-electron chi connectivity index (χ1n) is 5.51. The normalized spacial score (nSPS) is 11.8. The minimum absolute atomic E-state index is 0.00276. The molecule has 102 valence electrons. The van der Waals surface area contributed by atoms with Crippen molar-refractivity contribution in [3.05, 3.63) is 29.7 Å². The summed E-state index contributed by atoms with van der Waals surface area (Å²) in [5, 5.41) is 16.6. The van der Waals surface area contributed by atoms with Crippen molar-refractivity contribution in [3.63, 3.8) is 0 Å². The molecule has 2 heterocycles. The van der Waals surface area contributed by atoms with Gasteiger partial charge >= 0.3 is 0 Å². The highest BCUT2D eigenvalue weighted by atomic mass is 32.2. The molecule has 0 aliphatic carbocycles. The summed E-state index contributed by atoms with van der Waals surface area (Å²) in [7, 11) is 0. The summed E-state index contributed by atoms with van der Waals surface area (Å²) in [5.74, 6) is 0.300. The van der Waals surface area contributed by atoms with E-state index in [1.165, 1.54) is 13.2 Å². The van der Waals surface area contributed by atoms with Gasteiger partial charge in [0.15, 0.2) is 11.5 Å². The number of ketones is 1. The Morgan fingerprint density at radius 2 is 2.35 bits per heavy atom. The fraction of sp³-hybridized carbons (Fsp3) is 0.167. The van der Waals surface area contributed by atoms with E-state index in [9.17, 15) is 4.79 Å². The molecule has 2 aromatic rings. The molecular formula is C12H10N4O3S. The number of carbonyl (C=O) groups excluding carboxylic acids is 1. The maximum atomic E-state index is 11.7. The predicted octanol–water partition coefficient (Wildman–Crippen LogP) is 1.75. The van der Waals surface area contributed by atoms with Gasteiger partial charge in [0, 0.05) is 5.70 Å². The van der Waals surface area contributed by atoms with Gasteiger partial charge in [0.1, 0.15) is 11.6 Å². The number of aromatic nitrogens is 2. The fourth-order valence-electron chi connectivity index (χ4n) is 1.34. The van der Waals surface area contributed by atoms with Gasteiger partial charge in [-0.2, -0.15) is 5.26 Å². The van der Waals surface area contributed by atoms with E-state index in [-0.39, 0.29) is 33.9 Å². The van der Waals surface area contributed by atoms with Crippen LogP contribution in [0.4, 0.5) is 0 Å². The lowest BCUT2D eigenvalue weighted by molar-refractivity contribution is -0.112. The summed E-state index contributed by atoms with van der Waals surface area (Å²) < 4.78 is 10.4. The van der Waals surface area contributed by atoms with Gasteiger partial charge in [0.2, 0.25) is 0 Å². The van der Waals surface area contributed by atoms with Crippen LogP contribution in [-0.4, -0.2) is 21.7 Å². The van der Waals surface area contributed by atoms with Gasteiger partial charge in [0.05, 0.1) is 12.0 Å². The summed E-state index contributed by atoms with van der Waals surface area (Å²) in [6.07, 6.45) is 1.49. The lowest BCUT2D eigenvalue weighted by atomic mass is 10.2. The third-order valence-electron chi connectivity index (χ3n) is 2.25. The van der Waals surface area contributed by atoms with Crippen molar-refractivity contribution in [2.24, 2.45) is 5.73 Å². The molecule has 0 radical (unpaired) electrons. The Morgan fingerprint density at radius 1 is 1.55 bits per heavy atom. The Morgan fingerprint density at radius 3 is 2.95 bits per heavy atom. The Labute approximate surface area is 118 Å². The molecule has 20 heavy (non-hydrogen) atoms. The van der Waals surface area contributed by atoms with Gasteiger partial charge in [0.25, 0.3) is 11.1 Å². The zero-order valence-corrected chi connectivity index (χ0v) is 11.3. The van der Waals surface area contributed by atoms with Crippen LogP contribution < -0.4 is 5.73 Å². The SMILES string of the molecule is C/C(N)=C(\C#N)C(=O)CSc1nnc(-c2ccco2)o1. The van der Waals surface area contributed by atoms with Gasteiger partial charge in [-0.15, -0.1) is 10.2 Å². The van der Waals surface area contributed by atoms with Gasteiger partial charge in [-0.3, -0.25) is 4.79 Å². The Balaban J connectivity index is 2.01. The van der Waals surface area contributed by atoms with E-state index in [0.717, 1.165) is 11.8 Å². The van der Waals surface area contributed by atoms with E-state index in [1.807, 2.05) is 0 Å². The minimum Gasteiger partial charge on any atom is -0.459 e. The summed E-state index contributed by atoms with van der Waals surface area (Å²) in [6.45, 7) is 1.50. The molecule has 0 aliphatic heterocycles. The fourth-order valence-corrected chi connectivity index (χ4v) is 1.97. The third kappa shape index (κ3) is 3.07. The van der Waals surface area contributed by atoms with E-state index >= 15 is 0 Å². The molecule has 0 unspecified atom stereocenters. The highest BCUT2D eigenvalue weighted by Gasteiger charge is 2.15. The molecule has 0 saturated heterocycles. The second-order valence-electron chi connectivity index (χ2n) is 3.73. The second kappa shape index (κ2) is 6.08. The van der Waals surface area contributed by atoms with Crippen LogP contribution in [0.25, 0.3) is 11.7 Å². The average molecular weight is 290 g/mol. The first-order chi connectivity index (χ1) is 9.61. The van der Waals surface area contributed by atoms with Gasteiger partial charge in [-0.25, -0.2) is 0 Å². The van der Waals surface area contributed by atoms with Crippen molar-refractivity contribution in [2.45, 2.75) is 12.1 Å². The number of hydrogen-bond acceptors (Lipinski definition) is 8. The monoisotopic (exact) mass is 290 g/mol. The third-order valence-corrected chi connectivity index (χ3v) is 3.07. The van der Waals surface area contributed by atoms with E-state index in [4.69, 9.17) is 19.8 Å². The smallest absolute Gasteiger partial charge is 0.284 e. The number of rotatable bonds is 5. The van der Waals surface area contributed by atoms with Crippen molar-refractivity contribution in [2.75, 3.05) is 5.75 Å². The number of Topliss-reactive ketones (excluding diaryl/α,β-unsaturated/α-hetero) is 1. The lowest BCUT2D eigenvalue weighted by Crippen LogP contribution is -2.10. The number of nitriles is 1. The summed E-state index contributed by atoms with van der Waals surface area (Å²) in [5.41, 5.74) is 5.59. The van der Waals surface area contributed by atoms with Crippen LogP contribution in [-0.2, 0) is 4.79 Å². The lowest BCUT2D eigenvalue weighted by Gasteiger charge is -1.98. The van der Waals surface area contributed by atoms with Gasteiger partial charge in [-0.05, 0) is 19.1 Å². The van der Waals surface area contributed by atoms with Crippen molar-refractivity contribution < 1.29 is 13.6 Å². The quantitative estimate of drug-likeness (QED) is 0.502. The van der Waals surface area contributed by atoms with Crippen LogP contribution in [0.3, 0.4) is 0 Å². The zero-order valence-electron chi connectivity index (χ0n) is 10.5. The van der Waals surface area contributed by atoms with Crippen LogP contribution in [0.1, 0.15) is 6.92 Å². The van der Waals surface area contributed by atoms with Crippen molar-refractivity contribution in [1.29, 1.82) is 5.26 Å². The molecule has 2 rings (SSSR count). The average Bonchev–Trinajstić information content (AvgIpc) is 3.07. The number of nitrogens with zero attached hydrogens (tertiary/aromatic N) is 3. The molecule has 8 heteroatoms. The van der Waals surface area contributed by atoms with Crippen LogP contribution in [0.5, 0.6) is 0 Å². The molecule has 0 aliphatic rings. The molecule has 0 fully saturated rings. The topological polar surface area (TPSA) is 119 Å². The number of carbonyl (C=O) groups is 1. The molecule has 0 amide bonds. The first-order valence-corrected chi connectivity index (χ1v) is 6.50. The number of allylic oxidation sites excluding steroid dienone is 2. The molecule has 7 nitrogen and oxygen atoms in total. The Hall–Kier alpha value is -2.53. The maximum absolute atomic E-state index is 11.7. The van der Waals surface area contributed by atoms with Crippen molar-refractivity contribution >= 4 is 17.5 Å². The highest BCUT2D eigenvalue weighted by molar-refractivity contribution is 7.99. The van der Waals surface area contributed by atoms with Crippen LogP contribution in [0, 0.1) is 11.3 Å². The summed E-state index contributed by atoms with van der Waals surface area (Å²) in [6, 6.07) is 5.16. The molecule has 0 spiro atoms. The van der Waals surface area contributed by atoms with Crippen LogP contribution in [0.15, 0.2) is 43.7 Å². The van der Waals surface area contributed by atoms with Crippen molar-refractivity contribution in [3.8, 4) is 17.7 Å². The summed E-state index contributed by atoms with van der Waals surface area (Å²) in [4.78, 5) is 11.7. The van der Waals surface area contributed by atoms with E-state index in [2.05, 4.69) is 10.2 Å². The Kier molecular flexibility index (Phi) is 4.22. The second-order valence-corrected chi connectivity index (χ2v) is 4.66. The molecular weight excluding hydrogens is 280 g/mol. The first kappa shape index (κ1) is 13.9. The molecule has 2 N–H and O–H groups in total. The molecule has 2 aromatic heterocycles. The van der Waals surface area contributed by atoms with E-state index in [0.29, 0.717) is 5.76 Å². The number of nitrogens with two attached hydrogens (primary N) is 1. The number of thioether (sulfide) groups is 1. The highest BCUT2D eigenvalue weighted by Crippen LogP contribution is 2.23. The standard InChI is InChI=1S/C12H10N4O3S/c1-7(14)8(5-13)9(17)6-20-12-16-15-11(19-12)10-3-2-4-18-10/h2-4H,6,14H2,1H3/b8-7-. The van der Waals surface area contributed by atoms with Gasteiger partial charge in [-0.1, -0.05) is 11.8 Å². The van der Waals surface area contributed by atoms with E-state index < -0.39 is 0 Å². The number of furan rings is 1. The largest absolute Gasteiger partial charge is 0.459 e. The van der Waals surface area contributed by atoms with Crippen LogP contribution >= 0.6 is 11.8 Å². The molecule has 0 saturated carbocycles.